The van der Waals surface area contributed by atoms with Crippen LogP contribution in [0.25, 0.3) is 10.9 Å². The summed E-state index contributed by atoms with van der Waals surface area (Å²) in [6.07, 6.45) is 2.76. The zero-order chi connectivity index (χ0) is 32.9. The number of aromatic nitrogens is 1. The van der Waals surface area contributed by atoms with E-state index in [1.165, 1.54) is 0 Å². The molecule has 3 amide bonds. The molecule has 1 heterocycles. The number of nitrogens with one attached hydrogen (secondary N) is 4. The molecular formula is C32H44N8O5. The van der Waals surface area contributed by atoms with Crippen LogP contribution in [-0.4, -0.2) is 70.5 Å². The highest BCUT2D eigenvalue weighted by molar-refractivity contribution is 5.95. The molecule has 0 aliphatic heterocycles. The van der Waals surface area contributed by atoms with E-state index >= 15 is 0 Å². The normalized spacial score (nSPS) is 13.8. The number of amides is 3. The average molecular weight is 621 g/mol. The van der Waals surface area contributed by atoms with Gasteiger partial charge in [0.2, 0.25) is 17.7 Å². The number of carboxylic acids is 1. The van der Waals surface area contributed by atoms with Crippen LogP contribution >= 0.6 is 0 Å². The first kappa shape index (κ1) is 34.6. The third kappa shape index (κ3) is 10.9. The van der Waals surface area contributed by atoms with Gasteiger partial charge in [-0.15, -0.1) is 0 Å². The Labute approximate surface area is 262 Å². The number of carbonyl (C=O) groups is 4. The number of aliphatic imine (C=N–C) groups is 1. The Hall–Kier alpha value is -4.91. The van der Waals surface area contributed by atoms with E-state index in [0.29, 0.717) is 12.8 Å². The summed E-state index contributed by atoms with van der Waals surface area (Å²) < 4.78 is 0. The summed E-state index contributed by atoms with van der Waals surface area (Å²) in [5.41, 5.74) is 19.4. The largest absolute Gasteiger partial charge is 0.480 e. The number of carbonyl (C=O) groups excluding carboxylic acids is 3. The lowest BCUT2D eigenvalue weighted by atomic mass is 10.0. The van der Waals surface area contributed by atoms with Crippen molar-refractivity contribution in [3.63, 3.8) is 0 Å². The number of para-hydroxylation sites is 1. The van der Waals surface area contributed by atoms with Crippen LogP contribution in [0.1, 0.15) is 44.2 Å². The smallest absolute Gasteiger partial charge is 0.326 e. The van der Waals surface area contributed by atoms with Gasteiger partial charge < -0.3 is 43.2 Å². The summed E-state index contributed by atoms with van der Waals surface area (Å²) in [5, 5.41) is 18.8. The van der Waals surface area contributed by atoms with Crippen molar-refractivity contribution in [3.8, 4) is 0 Å². The Morgan fingerprint density at radius 2 is 1.47 bits per heavy atom. The fourth-order valence-corrected chi connectivity index (χ4v) is 4.99. The van der Waals surface area contributed by atoms with Crippen molar-refractivity contribution < 1.29 is 24.3 Å². The molecular weight excluding hydrogens is 576 g/mol. The standard InChI is InChI=1S/C32H44N8O5/c1-19(2)15-23(33)28(41)39-26(17-21-18-37-24-12-7-6-11-22(21)24)30(43)38-25(13-8-14-36-32(34)35)29(42)40-27(31(44)45)16-20-9-4-3-5-10-20/h3-7,9-12,18-19,23,25-27,37H,8,13-17,33H2,1-2H3,(H,38,43)(H,39,41)(H,40,42)(H,44,45)(H4,34,35,36). The number of benzene rings is 2. The predicted molar refractivity (Wildman–Crippen MR) is 173 cm³/mol. The minimum Gasteiger partial charge on any atom is -0.480 e. The Bertz CT molecular complexity index is 1470. The van der Waals surface area contributed by atoms with Gasteiger partial charge in [0.25, 0.3) is 0 Å². The maximum atomic E-state index is 13.8. The maximum absolute atomic E-state index is 13.8. The van der Waals surface area contributed by atoms with Crippen LogP contribution in [0, 0.1) is 5.92 Å². The molecule has 0 radical (unpaired) electrons. The summed E-state index contributed by atoms with van der Waals surface area (Å²) in [6, 6.07) is 12.1. The fourth-order valence-electron chi connectivity index (χ4n) is 4.99. The Kier molecular flexibility index (Phi) is 12.9. The van der Waals surface area contributed by atoms with Gasteiger partial charge in [-0.1, -0.05) is 62.4 Å². The molecule has 4 atom stereocenters. The van der Waals surface area contributed by atoms with Crippen LogP contribution in [0.4, 0.5) is 0 Å². The number of aromatic amines is 1. The van der Waals surface area contributed by atoms with Gasteiger partial charge >= 0.3 is 5.97 Å². The lowest BCUT2D eigenvalue weighted by Gasteiger charge is -2.25. The second-order valence-corrected chi connectivity index (χ2v) is 11.5. The molecule has 0 bridgehead atoms. The first-order valence-corrected chi connectivity index (χ1v) is 15.0. The number of hydrogen-bond donors (Lipinski definition) is 8. The number of H-pyrrole nitrogens is 1. The van der Waals surface area contributed by atoms with Crippen molar-refractivity contribution in [3.05, 3.63) is 71.9 Å². The van der Waals surface area contributed by atoms with Crippen LogP contribution in [0.3, 0.4) is 0 Å². The van der Waals surface area contributed by atoms with Crippen LogP contribution in [0.15, 0.2) is 65.8 Å². The summed E-state index contributed by atoms with van der Waals surface area (Å²) in [4.78, 5) is 59.5. The molecule has 13 nitrogen and oxygen atoms in total. The van der Waals surface area contributed by atoms with Crippen molar-refractivity contribution in [1.82, 2.24) is 20.9 Å². The zero-order valence-electron chi connectivity index (χ0n) is 25.7. The Morgan fingerprint density at radius 1 is 0.844 bits per heavy atom. The van der Waals surface area contributed by atoms with Gasteiger partial charge in [0, 0.05) is 36.5 Å². The van der Waals surface area contributed by atoms with E-state index in [0.717, 1.165) is 22.0 Å². The molecule has 0 saturated carbocycles. The highest BCUT2D eigenvalue weighted by Gasteiger charge is 2.31. The molecule has 0 aliphatic carbocycles. The minimum atomic E-state index is -1.24. The van der Waals surface area contributed by atoms with E-state index in [9.17, 15) is 24.3 Å². The Balaban J connectivity index is 1.84. The molecule has 13 heteroatoms. The van der Waals surface area contributed by atoms with Gasteiger partial charge in [-0.25, -0.2) is 4.79 Å². The van der Waals surface area contributed by atoms with Crippen LogP contribution in [0.5, 0.6) is 0 Å². The molecule has 0 aliphatic rings. The molecule has 45 heavy (non-hydrogen) atoms. The summed E-state index contributed by atoms with van der Waals surface area (Å²) in [5.74, 6) is -2.99. The number of carboxylic acid groups (broad SMARTS) is 1. The van der Waals surface area contributed by atoms with Gasteiger partial charge in [-0.05, 0) is 42.4 Å². The van der Waals surface area contributed by atoms with Crippen molar-refractivity contribution >= 4 is 40.6 Å². The second-order valence-electron chi connectivity index (χ2n) is 11.5. The highest BCUT2D eigenvalue weighted by Crippen LogP contribution is 2.19. The van der Waals surface area contributed by atoms with Crippen LogP contribution in [-0.2, 0) is 32.0 Å². The van der Waals surface area contributed by atoms with Gasteiger partial charge in [-0.2, -0.15) is 0 Å². The minimum absolute atomic E-state index is 0.0452. The van der Waals surface area contributed by atoms with E-state index in [2.05, 4.69) is 25.9 Å². The summed E-state index contributed by atoms with van der Waals surface area (Å²) in [6.45, 7) is 4.07. The number of nitrogens with zero attached hydrogens (tertiary/aromatic N) is 1. The van der Waals surface area contributed by atoms with E-state index in [1.807, 2.05) is 38.1 Å². The third-order valence-electron chi connectivity index (χ3n) is 7.27. The van der Waals surface area contributed by atoms with E-state index in [4.69, 9.17) is 17.2 Å². The maximum Gasteiger partial charge on any atom is 0.326 e. The van der Waals surface area contributed by atoms with Crippen molar-refractivity contribution in [1.29, 1.82) is 0 Å². The molecule has 0 fully saturated rings. The number of fused-ring (bicyclic) bond motifs is 1. The highest BCUT2D eigenvalue weighted by atomic mass is 16.4. The molecule has 3 rings (SSSR count). The van der Waals surface area contributed by atoms with E-state index in [1.54, 1.807) is 36.5 Å². The number of rotatable bonds is 17. The van der Waals surface area contributed by atoms with Crippen LogP contribution < -0.4 is 33.2 Å². The summed E-state index contributed by atoms with van der Waals surface area (Å²) in [7, 11) is 0. The quantitative estimate of drug-likeness (QED) is 0.0613. The molecule has 11 N–H and O–H groups in total. The topological polar surface area (TPSA) is 231 Å². The molecule has 0 spiro atoms. The first-order chi connectivity index (χ1) is 21.4. The average Bonchev–Trinajstić information content (AvgIpc) is 3.40. The van der Waals surface area contributed by atoms with Gasteiger partial charge in [-0.3, -0.25) is 19.4 Å². The molecule has 1 aromatic heterocycles. The number of guanidine groups is 1. The monoisotopic (exact) mass is 620 g/mol. The van der Waals surface area contributed by atoms with Crippen molar-refractivity contribution in [2.24, 2.45) is 28.1 Å². The second kappa shape index (κ2) is 16.8. The number of aliphatic carboxylic acids is 1. The predicted octanol–water partition coefficient (Wildman–Crippen LogP) is 0.919. The van der Waals surface area contributed by atoms with Gasteiger partial charge in [0.15, 0.2) is 5.96 Å². The fraction of sp³-hybridized carbons (Fsp3) is 0.406. The molecule has 3 aromatic rings. The Morgan fingerprint density at radius 3 is 2.13 bits per heavy atom. The van der Waals surface area contributed by atoms with E-state index in [-0.39, 0.29) is 37.7 Å². The first-order valence-electron chi connectivity index (χ1n) is 15.0. The molecule has 4 unspecified atom stereocenters. The molecule has 2 aromatic carbocycles. The lowest BCUT2D eigenvalue weighted by Crippen LogP contribution is -2.57. The lowest BCUT2D eigenvalue weighted by molar-refractivity contribution is -0.142. The van der Waals surface area contributed by atoms with Crippen LogP contribution in [0.2, 0.25) is 0 Å². The van der Waals surface area contributed by atoms with Crippen molar-refractivity contribution in [2.75, 3.05) is 6.54 Å². The number of nitrogens with two attached hydrogens (primary N) is 3. The molecule has 242 valence electrons. The van der Waals surface area contributed by atoms with Gasteiger partial charge in [0.1, 0.15) is 18.1 Å². The third-order valence-corrected chi connectivity index (χ3v) is 7.27. The van der Waals surface area contributed by atoms with Crippen molar-refractivity contribution in [2.45, 2.75) is 70.1 Å². The number of hydrogen-bond acceptors (Lipinski definition) is 6. The SMILES string of the molecule is CC(C)CC(N)C(=O)NC(Cc1c[nH]c2ccccc12)C(=O)NC(CCCN=C(N)N)C(=O)NC(Cc1ccccc1)C(=O)O. The summed E-state index contributed by atoms with van der Waals surface area (Å²) >= 11 is 0. The zero-order valence-corrected chi connectivity index (χ0v) is 25.7. The van der Waals surface area contributed by atoms with E-state index < -0.39 is 47.9 Å². The van der Waals surface area contributed by atoms with Gasteiger partial charge in [0.05, 0.1) is 6.04 Å². The molecule has 0 saturated heterocycles.